The summed E-state index contributed by atoms with van der Waals surface area (Å²) in [6, 6.07) is 30.9. The van der Waals surface area contributed by atoms with Gasteiger partial charge in [-0.3, -0.25) is 0 Å². The normalized spacial score (nSPS) is 15.0. The van der Waals surface area contributed by atoms with Gasteiger partial charge in [0.1, 0.15) is 0 Å². The summed E-state index contributed by atoms with van der Waals surface area (Å²) in [7, 11) is 0. The molecule has 6 nitrogen and oxygen atoms in total. The fourth-order valence-corrected chi connectivity index (χ4v) is 5.83. The minimum atomic E-state index is -0.507. The first kappa shape index (κ1) is 30.0. The summed E-state index contributed by atoms with van der Waals surface area (Å²) in [5.41, 5.74) is 26.9. The second kappa shape index (κ2) is 15.8. The molecule has 3 unspecified atom stereocenters. The summed E-state index contributed by atoms with van der Waals surface area (Å²) >= 11 is 0. The Hall–Kier alpha value is -3.54. The maximum absolute atomic E-state index is 8.31. The first-order valence-corrected chi connectivity index (χ1v) is 14.3. The predicted molar refractivity (Wildman–Crippen MR) is 158 cm³/mol. The number of nitrogens with one attached hydrogen (secondary N) is 3. The van der Waals surface area contributed by atoms with Crippen molar-refractivity contribution in [2.45, 2.75) is 94.7 Å². The van der Waals surface area contributed by atoms with E-state index >= 15 is 0 Å². The molecule has 0 aliphatic heterocycles. The summed E-state index contributed by atoms with van der Waals surface area (Å²) < 4.78 is 0. The van der Waals surface area contributed by atoms with E-state index in [9.17, 15) is 0 Å². The highest BCUT2D eigenvalue weighted by molar-refractivity contribution is 5.20. The summed E-state index contributed by atoms with van der Waals surface area (Å²) in [6.07, 6.45) is 9.00. The van der Waals surface area contributed by atoms with Crippen molar-refractivity contribution in [1.82, 2.24) is 0 Å². The van der Waals surface area contributed by atoms with Gasteiger partial charge in [0.15, 0.2) is 0 Å². The standard InChI is InChI=1S/C33H44N6/c1-2-21-32(38-35,26-29-16-8-4-9-17-29)23-13-24-33(39-36,27-30-18-10-5-11-19-30)22-12-20-31(37-34)25-28-14-6-3-7-15-28/h3-11,14-19,31,34-36H,2,12-13,20-27H2,1H3. The van der Waals surface area contributed by atoms with Crippen LogP contribution in [0.2, 0.25) is 0 Å². The maximum Gasteiger partial charge on any atom is 0.0853 e. The fourth-order valence-electron chi connectivity index (χ4n) is 5.83. The van der Waals surface area contributed by atoms with Crippen LogP contribution in [0.15, 0.2) is 106 Å². The number of rotatable bonds is 19. The van der Waals surface area contributed by atoms with Gasteiger partial charge < -0.3 is 0 Å². The number of hydrogen-bond acceptors (Lipinski definition) is 6. The van der Waals surface area contributed by atoms with E-state index < -0.39 is 11.1 Å². The minimum absolute atomic E-state index is 0.0576. The van der Waals surface area contributed by atoms with Gasteiger partial charge in [0, 0.05) is 0 Å². The molecule has 0 radical (unpaired) electrons. The molecule has 3 atom stereocenters. The molecular weight excluding hydrogens is 480 g/mol. The Morgan fingerprint density at radius 3 is 1.46 bits per heavy atom. The molecule has 0 aliphatic carbocycles. The zero-order valence-electron chi connectivity index (χ0n) is 23.4. The van der Waals surface area contributed by atoms with Crippen LogP contribution < -0.4 is 0 Å². The average molecular weight is 525 g/mol. The largest absolute Gasteiger partial charge is 0.210 e. The highest BCUT2D eigenvalue weighted by Crippen LogP contribution is 2.35. The average Bonchev–Trinajstić information content (AvgIpc) is 2.98. The van der Waals surface area contributed by atoms with Crippen LogP contribution in [0.25, 0.3) is 0 Å². The van der Waals surface area contributed by atoms with E-state index in [2.05, 4.69) is 58.7 Å². The van der Waals surface area contributed by atoms with Gasteiger partial charge in [-0.2, -0.15) is 15.3 Å². The number of nitrogens with zero attached hydrogens (tertiary/aromatic N) is 3. The Bertz CT molecular complexity index is 1120. The smallest absolute Gasteiger partial charge is 0.0853 e. The Morgan fingerprint density at radius 2 is 1.03 bits per heavy atom. The number of benzene rings is 3. The van der Waals surface area contributed by atoms with Gasteiger partial charge in [-0.15, -0.1) is 0 Å². The third-order valence-electron chi connectivity index (χ3n) is 7.90. The summed E-state index contributed by atoms with van der Waals surface area (Å²) in [4.78, 5) is 0. The van der Waals surface area contributed by atoms with Gasteiger partial charge in [-0.05, 0) is 80.9 Å². The lowest BCUT2D eigenvalue weighted by Gasteiger charge is -2.32. The molecular formula is C33H44N6. The Labute approximate surface area is 234 Å². The minimum Gasteiger partial charge on any atom is -0.210 e. The Balaban J connectivity index is 1.70. The molecule has 206 valence electrons. The molecule has 0 aliphatic rings. The van der Waals surface area contributed by atoms with E-state index in [1.165, 1.54) is 16.7 Å². The van der Waals surface area contributed by atoms with Crippen LogP contribution >= 0.6 is 0 Å². The quantitative estimate of drug-likeness (QED) is 0.130. The van der Waals surface area contributed by atoms with Gasteiger partial charge in [-0.25, -0.2) is 16.6 Å². The molecule has 0 saturated carbocycles. The Morgan fingerprint density at radius 1 is 0.590 bits per heavy atom. The van der Waals surface area contributed by atoms with Crippen LogP contribution in [0.3, 0.4) is 0 Å². The van der Waals surface area contributed by atoms with E-state index in [1.54, 1.807) is 0 Å². The monoisotopic (exact) mass is 524 g/mol. The van der Waals surface area contributed by atoms with E-state index in [0.717, 1.165) is 70.6 Å². The molecule has 0 bridgehead atoms. The summed E-state index contributed by atoms with van der Waals surface area (Å²) in [5, 5.41) is 12.4. The molecule has 6 heteroatoms. The van der Waals surface area contributed by atoms with Crippen molar-refractivity contribution in [2.24, 2.45) is 15.3 Å². The third-order valence-corrected chi connectivity index (χ3v) is 7.90. The van der Waals surface area contributed by atoms with E-state index in [0.29, 0.717) is 0 Å². The van der Waals surface area contributed by atoms with Gasteiger partial charge in [0.25, 0.3) is 0 Å². The van der Waals surface area contributed by atoms with Gasteiger partial charge in [0.2, 0.25) is 0 Å². The van der Waals surface area contributed by atoms with E-state index in [-0.39, 0.29) is 6.04 Å². The van der Waals surface area contributed by atoms with Gasteiger partial charge >= 0.3 is 0 Å². The predicted octanol–water partition coefficient (Wildman–Crippen LogP) is 9.79. The second-order valence-electron chi connectivity index (χ2n) is 11.0. The zero-order valence-corrected chi connectivity index (χ0v) is 23.4. The molecule has 3 rings (SSSR count). The van der Waals surface area contributed by atoms with Gasteiger partial charge in [-0.1, -0.05) is 104 Å². The van der Waals surface area contributed by atoms with Gasteiger partial charge in [0.05, 0.1) is 17.1 Å². The highest BCUT2D eigenvalue weighted by atomic mass is 15.0. The first-order valence-electron chi connectivity index (χ1n) is 14.3. The third kappa shape index (κ3) is 9.61. The van der Waals surface area contributed by atoms with Crippen molar-refractivity contribution < 1.29 is 0 Å². The topological polar surface area (TPSA) is 109 Å². The van der Waals surface area contributed by atoms with E-state index in [1.807, 2.05) is 54.6 Å². The molecule has 0 saturated heterocycles. The van der Waals surface area contributed by atoms with Crippen LogP contribution in [0, 0.1) is 16.6 Å². The van der Waals surface area contributed by atoms with Crippen molar-refractivity contribution in [3.63, 3.8) is 0 Å². The molecule has 0 aromatic heterocycles. The SMILES string of the molecule is CCCC(CCCC(CCCC(Cc1ccccc1)N=N)(Cc1ccccc1)N=N)(Cc1ccccc1)N=N. The maximum atomic E-state index is 8.31. The molecule has 0 fully saturated rings. The van der Waals surface area contributed by atoms with E-state index in [4.69, 9.17) is 16.6 Å². The Kier molecular flexibility index (Phi) is 12.1. The summed E-state index contributed by atoms with van der Waals surface area (Å²) in [5.74, 6) is 0. The second-order valence-corrected chi connectivity index (χ2v) is 11.0. The molecule has 3 N–H and O–H groups in total. The molecule has 0 spiro atoms. The van der Waals surface area contributed by atoms with Crippen molar-refractivity contribution in [2.75, 3.05) is 0 Å². The molecule has 0 amide bonds. The van der Waals surface area contributed by atoms with Crippen molar-refractivity contribution >= 4 is 0 Å². The van der Waals surface area contributed by atoms with Crippen molar-refractivity contribution in [3.05, 3.63) is 108 Å². The highest BCUT2D eigenvalue weighted by Gasteiger charge is 2.34. The fraction of sp³-hybridized carbons (Fsp3) is 0.455. The molecule has 39 heavy (non-hydrogen) atoms. The summed E-state index contributed by atoms with van der Waals surface area (Å²) in [6.45, 7) is 2.16. The molecule has 3 aromatic carbocycles. The lowest BCUT2D eigenvalue weighted by molar-refractivity contribution is 0.276. The number of hydrogen-bond donors (Lipinski definition) is 3. The molecule has 3 aromatic rings. The molecule has 0 heterocycles. The van der Waals surface area contributed by atoms with Crippen LogP contribution in [0.4, 0.5) is 0 Å². The van der Waals surface area contributed by atoms with Crippen LogP contribution in [-0.4, -0.2) is 17.1 Å². The lowest BCUT2D eigenvalue weighted by atomic mass is 9.78. The van der Waals surface area contributed by atoms with Crippen molar-refractivity contribution in [3.8, 4) is 0 Å². The first-order chi connectivity index (χ1) is 19.1. The van der Waals surface area contributed by atoms with Crippen LogP contribution in [-0.2, 0) is 19.3 Å². The van der Waals surface area contributed by atoms with Crippen molar-refractivity contribution in [1.29, 1.82) is 16.6 Å². The lowest BCUT2D eigenvalue weighted by Crippen LogP contribution is -2.33. The van der Waals surface area contributed by atoms with Crippen LogP contribution in [0.5, 0.6) is 0 Å². The zero-order chi connectivity index (χ0) is 27.8. The van der Waals surface area contributed by atoms with Crippen LogP contribution in [0.1, 0.15) is 75.0 Å².